The first kappa shape index (κ1) is 19.1. The van der Waals surface area contributed by atoms with E-state index in [9.17, 15) is 4.79 Å². The summed E-state index contributed by atoms with van der Waals surface area (Å²) >= 11 is 0. The average Bonchev–Trinajstić information content (AvgIpc) is 3.23. The Morgan fingerprint density at radius 2 is 1.97 bits per heavy atom. The van der Waals surface area contributed by atoms with E-state index >= 15 is 0 Å². The van der Waals surface area contributed by atoms with Crippen molar-refractivity contribution in [2.45, 2.75) is 32.6 Å². The van der Waals surface area contributed by atoms with Crippen LogP contribution in [0.25, 0.3) is 11.1 Å². The van der Waals surface area contributed by atoms with Gasteiger partial charge in [-0.1, -0.05) is 0 Å². The molecule has 3 aromatic heterocycles. The largest absolute Gasteiger partial charge is 0.465 e. The molecule has 1 aliphatic heterocycles. The van der Waals surface area contributed by atoms with E-state index in [1.165, 1.54) is 0 Å². The monoisotopic (exact) mass is 392 g/mol. The van der Waals surface area contributed by atoms with E-state index in [0.29, 0.717) is 31.4 Å². The van der Waals surface area contributed by atoms with Gasteiger partial charge in [0.15, 0.2) is 5.76 Å². The summed E-state index contributed by atoms with van der Waals surface area (Å²) in [5, 5.41) is 0. The fraction of sp³-hybridized carbons (Fsp3) is 0.364. The van der Waals surface area contributed by atoms with Crippen molar-refractivity contribution in [2.75, 3.05) is 19.7 Å². The minimum atomic E-state index is -0.0948. The highest BCUT2D eigenvalue weighted by Crippen LogP contribution is 2.34. The van der Waals surface area contributed by atoms with Crippen LogP contribution >= 0.6 is 0 Å². The molecule has 150 valence electrons. The van der Waals surface area contributed by atoms with Crippen molar-refractivity contribution in [3.63, 3.8) is 0 Å². The van der Waals surface area contributed by atoms with Gasteiger partial charge < -0.3 is 14.1 Å². The summed E-state index contributed by atoms with van der Waals surface area (Å²) in [5.41, 5.74) is 3.15. The molecule has 4 rings (SSSR count). The van der Waals surface area contributed by atoms with Crippen LogP contribution in [-0.2, 0) is 0 Å². The first-order chi connectivity index (χ1) is 14.2. The third-order valence-corrected chi connectivity index (χ3v) is 5.18. The van der Waals surface area contributed by atoms with Crippen LogP contribution in [0.1, 0.15) is 47.8 Å². The van der Waals surface area contributed by atoms with E-state index in [1.54, 1.807) is 24.5 Å². The molecular formula is C22H24N4O3. The van der Waals surface area contributed by atoms with E-state index in [0.717, 1.165) is 35.5 Å². The molecule has 4 heterocycles. The summed E-state index contributed by atoms with van der Waals surface area (Å²) in [5.74, 6) is 1.64. The molecule has 1 saturated heterocycles. The van der Waals surface area contributed by atoms with Crippen LogP contribution in [0, 0.1) is 6.92 Å². The first-order valence-corrected chi connectivity index (χ1v) is 9.91. The zero-order valence-electron chi connectivity index (χ0n) is 16.7. The second-order valence-electron chi connectivity index (χ2n) is 7.07. The molecule has 7 heteroatoms. The zero-order valence-corrected chi connectivity index (χ0v) is 16.7. The number of carbonyl (C=O) groups excluding carboxylic acids is 1. The normalized spacial score (nSPS) is 14.8. The van der Waals surface area contributed by atoms with Crippen molar-refractivity contribution in [3.8, 4) is 17.1 Å². The second-order valence-corrected chi connectivity index (χ2v) is 7.07. The summed E-state index contributed by atoms with van der Waals surface area (Å²) in [4.78, 5) is 27.8. The maximum atomic E-state index is 12.7. The molecule has 0 bridgehead atoms. The molecule has 0 N–H and O–H groups in total. The highest BCUT2D eigenvalue weighted by molar-refractivity contribution is 5.91. The minimum absolute atomic E-state index is 0.0948. The fourth-order valence-electron chi connectivity index (χ4n) is 3.72. The van der Waals surface area contributed by atoms with Crippen molar-refractivity contribution < 1.29 is 13.9 Å². The van der Waals surface area contributed by atoms with Crippen LogP contribution in [-0.4, -0.2) is 45.5 Å². The van der Waals surface area contributed by atoms with Crippen LogP contribution in [0.5, 0.6) is 5.95 Å². The van der Waals surface area contributed by atoms with Crippen LogP contribution < -0.4 is 4.74 Å². The maximum absolute atomic E-state index is 12.7. The van der Waals surface area contributed by atoms with Crippen molar-refractivity contribution in [1.82, 2.24) is 19.9 Å². The number of pyridine rings is 1. The van der Waals surface area contributed by atoms with Crippen LogP contribution in [0.15, 0.2) is 47.3 Å². The van der Waals surface area contributed by atoms with Crippen LogP contribution in [0.3, 0.4) is 0 Å². The van der Waals surface area contributed by atoms with E-state index in [2.05, 4.69) is 9.97 Å². The van der Waals surface area contributed by atoms with Gasteiger partial charge in [0.1, 0.15) is 5.82 Å². The van der Waals surface area contributed by atoms with Gasteiger partial charge >= 0.3 is 0 Å². The summed E-state index contributed by atoms with van der Waals surface area (Å²) in [6, 6.07) is 7.31. The number of hydrogen-bond donors (Lipinski definition) is 0. The molecule has 0 aromatic carbocycles. The van der Waals surface area contributed by atoms with Gasteiger partial charge in [0, 0.05) is 49.2 Å². The Balaban J connectivity index is 1.48. The average molecular weight is 392 g/mol. The topological polar surface area (TPSA) is 81.4 Å². The predicted molar refractivity (Wildman–Crippen MR) is 108 cm³/mol. The molecule has 1 aliphatic rings. The highest BCUT2D eigenvalue weighted by Gasteiger charge is 2.28. The molecule has 0 spiro atoms. The number of piperidine rings is 1. The predicted octanol–water partition coefficient (Wildman–Crippen LogP) is 3.86. The molecule has 1 amide bonds. The molecule has 0 atom stereocenters. The summed E-state index contributed by atoms with van der Waals surface area (Å²) in [7, 11) is 0. The summed E-state index contributed by atoms with van der Waals surface area (Å²) in [6.45, 7) is 5.61. The quantitative estimate of drug-likeness (QED) is 0.656. The van der Waals surface area contributed by atoms with Crippen molar-refractivity contribution >= 4 is 5.91 Å². The zero-order chi connectivity index (χ0) is 20.2. The number of furan rings is 1. The lowest BCUT2D eigenvalue weighted by molar-refractivity contribution is 0.0672. The van der Waals surface area contributed by atoms with Gasteiger partial charge in [-0.15, -0.1) is 0 Å². The molecule has 7 nitrogen and oxygen atoms in total. The lowest BCUT2D eigenvalue weighted by Gasteiger charge is -2.32. The highest BCUT2D eigenvalue weighted by atomic mass is 16.6. The first-order valence-electron chi connectivity index (χ1n) is 9.91. The number of likely N-dealkylation sites (tertiary alicyclic amines) is 1. The number of aromatic nitrogens is 3. The molecule has 0 saturated carbocycles. The number of hydrogen-bond acceptors (Lipinski definition) is 6. The Kier molecular flexibility index (Phi) is 5.55. The smallest absolute Gasteiger partial charge is 0.289 e. The number of amides is 1. The molecule has 0 aliphatic carbocycles. The Labute approximate surface area is 169 Å². The standard InChI is InChI=1S/C22H24N4O3/c1-3-28-20-5-4-19(29-20)22(27)26-12-8-17(9-13-26)21-18(14-24-15(2)25-21)16-6-10-23-11-7-16/h4-7,10-11,14,17H,3,8-9,12-13H2,1-2H3. The van der Waals surface area contributed by atoms with Gasteiger partial charge in [-0.2, -0.15) is 0 Å². The Morgan fingerprint density at radius 1 is 1.21 bits per heavy atom. The Hall–Kier alpha value is -3.22. The van der Waals surface area contributed by atoms with E-state index in [1.807, 2.05) is 37.1 Å². The third-order valence-electron chi connectivity index (χ3n) is 5.18. The number of ether oxygens (including phenoxy) is 1. The fourth-order valence-corrected chi connectivity index (χ4v) is 3.72. The lowest BCUT2D eigenvalue weighted by atomic mass is 9.89. The third kappa shape index (κ3) is 4.13. The molecule has 0 radical (unpaired) electrons. The number of rotatable bonds is 5. The molecule has 29 heavy (non-hydrogen) atoms. The van der Waals surface area contributed by atoms with Crippen molar-refractivity contribution in [3.05, 3.63) is 60.1 Å². The van der Waals surface area contributed by atoms with Gasteiger partial charge in [0.25, 0.3) is 11.9 Å². The second kappa shape index (κ2) is 8.43. The van der Waals surface area contributed by atoms with Gasteiger partial charge in [0.2, 0.25) is 0 Å². The maximum Gasteiger partial charge on any atom is 0.289 e. The van der Waals surface area contributed by atoms with E-state index in [4.69, 9.17) is 14.1 Å². The minimum Gasteiger partial charge on any atom is -0.465 e. The molecule has 0 unspecified atom stereocenters. The summed E-state index contributed by atoms with van der Waals surface area (Å²) < 4.78 is 10.8. The SMILES string of the molecule is CCOc1ccc(C(=O)N2CCC(c3nc(C)ncc3-c3ccncc3)CC2)o1. The van der Waals surface area contributed by atoms with Crippen LogP contribution in [0.4, 0.5) is 0 Å². The van der Waals surface area contributed by atoms with Gasteiger partial charge in [-0.3, -0.25) is 9.78 Å². The number of carbonyl (C=O) groups is 1. The Morgan fingerprint density at radius 3 is 2.69 bits per heavy atom. The number of aryl methyl sites for hydroxylation is 1. The van der Waals surface area contributed by atoms with Crippen molar-refractivity contribution in [2.24, 2.45) is 0 Å². The number of nitrogens with zero attached hydrogens (tertiary/aromatic N) is 4. The Bertz CT molecular complexity index is 979. The molecule has 1 fully saturated rings. The molecule has 3 aromatic rings. The van der Waals surface area contributed by atoms with E-state index in [-0.39, 0.29) is 11.8 Å². The van der Waals surface area contributed by atoms with Gasteiger partial charge in [-0.05, 0) is 50.5 Å². The molecular weight excluding hydrogens is 368 g/mol. The lowest BCUT2D eigenvalue weighted by Crippen LogP contribution is -2.38. The van der Waals surface area contributed by atoms with Gasteiger partial charge in [-0.25, -0.2) is 9.97 Å². The van der Waals surface area contributed by atoms with Gasteiger partial charge in [0.05, 0.1) is 12.3 Å². The van der Waals surface area contributed by atoms with Crippen LogP contribution in [0.2, 0.25) is 0 Å². The van der Waals surface area contributed by atoms with E-state index < -0.39 is 0 Å². The summed E-state index contributed by atoms with van der Waals surface area (Å²) in [6.07, 6.45) is 7.14. The van der Waals surface area contributed by atoms with Crippen molar-refractivity contribution in [1.29, 1.82) is 0 Å².